The molecule has 18 heavy (non-hydrogen) atoms. The zero-order chi connectivity index (χ0) is 13.5. The third-order valence-electron chi connectivity index (χ3n) is 5.26. The van der Waals surface area contributed by atoms with E-state index in [2.05, 4.69) is 0 Å². The summed E-state index contributed by atoms with van der Waals surface area (Å²) in [6, 6.07) is 0. The number of fused-ring (bicyclic) bond motifs is 1. The summed E-state index contributed by atoms with van der Waals surface area (Å²) in [5.41, 5.74) is 0.173. The van der Waals surface area contributed by atoms with Gasteiger partial charge in [0.1, 0.15) is 11.7 Å². The van der Waals surface area contributed by atoms with Crippen molar-refractivity contribution in [1.82, 2.24) is 0 Å². The second-order valence-corrected chi connectivity index (χ2v) is 6.78. The summed E-state index contributed by atoms with van der Waals surface area (Å²) in [5, 5.41) is 21.1. The van der Waals surface area contributed by atoms with Gasteiger partial charge >= 0.3 is 0 Å². The van der Waals surface area contributed by atoms with Gasteiger partial charge in [-0.15, -0.1) is 0 Å². The number of rotatable bonds is 0. The van der Waals surface area contributed by atoms with Crippen molar-refractivity contribution in [3.05, 3.63) is 22.8 Å². The molecule has 0 unspecified atom stereocenters. The van der Waals surface area contributed by atoms with Gasteiger partial charge in [-0.1, -0.05) is 11.6 Å². The third kappa shape index (κ3) is 1.10. The Balaban J connectivity index is 2.28. The summed E-state index contributed by atoms with van der Waals surface area (Å²) >= 11 is 0. The van der Waals surface area contributed by atoms with Crippen LogP contribution in [-0.2, 0) is 4.79 Å². The second kappa shape index (κ2) is 2.97. The van der Waals surface area contributed by atoms with Crippen molar-refractivity contribution < 1.29 is 15.0 Å². The highest BCUT2D eigenvalue weighted by atomic mass is 16.3. The fraction of sp³-hybridized carbons (Fsp3) is 0.667. The number of carbonyl (C=O) groups excluding carboxylic acids is 1. The molecule has 3 rings (SSSR count). The van der Waals surface area contributed by atoms with E-state index in [9.17, 15) is 15.0 Å². The fourth-order valence-corrected chi connectivity index (χ4v) is 3.77. The lowest BCUT2D eigenvalue weighted by Crippen LogP contribution is -2.52. The van der Waals surface area contributed by atoms with E-state index >= 15 is 0 Å². The minimum absolute atomic E-state index is 0.0795. The Labute approximate surface area is 107 Å². The topological polar surface area (TPSA) is 57.5 Å². The molecule has 0 aromatic rings. The second-order valence-electron chi connectivity index (χ2n) is 6.78. The van der Waals surface area contributed by atoms with Crippen LogP contribution in [0, 0.1) is 10.8 Å². The van der Waals surface area contributed by atoms with Crippen LogP contribution in [0.2, 0.25) is 0 Å². The maximum atomic E-state index is 12.4. The first kappa shape index (κ1) is 12.1. The molecule has 0 aromatic heterocycles. The van der Waals surface area contributed by atoms with Gasteiger partial charge in [-0.25, -0.2) is 0 Å². The number of hydrogen-bond acceptors (Lipinski definition) is 3. The number of aliphatic hydroxyl groups is 2. The Morgan fingerprint density at radius 2 is 1.83 bits per heavy atom. The standard InChI is InChI=1S/C15H20O3/c1-8-10-9(7-13(2,3)12(10)17)11(16)14(4,18)15(8)5-6-15/h7,11,16,18H,5-6H2,1-4H3/t11-,14+/m1/s1. The predicted octanol–water partition coefficient (Wildman–Crippen LogP) is 1.74. The molecule has 0 aliphatic heterocycles. The molecule has 3 aliphatic rings. The summed E-state index contributed by atoms with van der Waals surface area (Å²) in [6.07, 6.45) is 2.58. The Hall–Kier alpha value is -0.930. The van der Waals surface area contributed by atoms with Gasteiger partial charge in [0.25, 0.3) is 0 Å². The van der Waals surface area contributed by atoms with Crippen molar-refractivity contribution in [2.45, 2.75) is 52.2 Å². The molecule has 0 aromatic carbocycles. The molecule has 2 atom stereocenters. The SMILES string of the molecule is CC1=C2C(=O)C(C)(C)C=C2[C@@H](O)[C@](C)(O)C12CC2. The molecule has 0 saturated heterocycles. The maximum Gasteiger partial charge on any atom is 0.172 e. The lowest BCUT2D eigenvalue weighted by molar-refractivity contribution is -0.121. The van der Waals surface area contributed by atoms with Gasteiger partial charge in [0.2, 0.25) is 0 Å². The minimum Gasteiger partial charge on any atom is -0.386 e. The van der Waals surface area contributed by atoms with Crippen LogP contribution in [0.15, 0.2) is 22.8 Å². The van der Waals surface area contributed by atoms with E-state index in [1.54, 1.807) is 6.92 Å². The van der Waals surface area contributed by atoms with Gasteiger partial charge in [0.15, 0.2) is 5.78 Å². The van der Waals surface area contributed by atoms with Crippen LogP contribution >= 0.6 is 0 Å². The van der Waals surface area contributed by atoms with Crippen LogP contribution in [0.4, 0.5) is 0 Å². The van der Waals surface area contributed by atoms with Crippen molar-refractivity contribution >= 4 is 5.78 Å². The molecule has 0 amide bonds. The Morgan fingerprint density at radius 1 is 1.28 bits per heavy atom. The van der Waals surface area contributed by atoms with Crippen molar-refractivity contribution in [3.63, 3.8) is 0 Å². The van der Waals surface area contributed by atoms with Gasteiger partial charge in [-0.05, 0) is 46.1 Å². The molecule has 0 radical (unpaired) electrons. The molecule has 1 saturated carbocycles. The Morgan fingerprint density at radius 3 is 2.33 bits per heavy atom. The van der Waals surface area contributed by atoms with Crippen LogP contribution in [0.25, 0.3) is 0 Å². The summed E-state index contributed by atoms with van der Waals surface area (Å²) < 4.78 is 0. The fourth-order valence-electron chi connectivity index (χ4n) is 3.77. The zero-order valence-corrected chi connectivity index (χ0v) is 11.4. The number of Topliss-reactive ketones (excluding diaryl/α,β-unsaturated/α-hetero) is 1. The summed E-state index contributed by atoms with van der Waals surface area (Å²) in [5.74, 6) is 0.0795. The van der Waals surface area contributed by atoms with E-state index < -0.39 is 17.1 Å². The first-order valence-corrected chi connectivity index (χ1v) is 6.55. The van der Waals surface area contributed by atoms with Crippen molar-refractivity contribution in [2.24, 2.45) is 10.8 Å². The number of aliphatic hydroxyl groups excluding tert-OH is 1. The highest BCUT2D eigenvalue weighted by Crippen LogP contribution is 2.66. The molecular formula is C15H20O3. The van der Waals surface area contributed by atoms with Gasteiger partial charge < -0.3 is 10.2 Å². The largest absolute Gasteiger partial charge is 0.386 e. The molecule has 1 spiro atoms. The Kier molecular flexibility index (Phi) is 2.00. The van der Waals surface area contributed by atoms with Gasteiger partial charge in [0.05, 0.1) is 0 Å². The minimum atomic E-state index is -1.16. The van der Waals surface area contributed by atoms with Crippen molar-refractivity contribution in [3.8, 4) is 0 Å². The van der Waals surface area contributed by atoms with E-state index in [1.807, 2.05) is 26.8 Å². The van der Waals surface area contributed by atoms with E-state index in [0.29, 0.717) is 11.1 Å². The quantitative estimate of drug-likeness (QED) is 0.686. The maximum absolute atomic E-state index is 12.4. The number of allylic oxidation sites excluding steroid dienone is 1. The van der Waals surface area contributed by atoms with E-state index in [0.717, 1.165) is 18.4 Å². The molecule has 2 N–H and O–H groups in total. The zero-order valence-electron chi connectivity index (χ0n) is 11.4. The van der Waals surface area contributed by atoms with Crippen LogP contribution < -0.4 is 0 Å². The highest BCUT2D eigenvalue weighted by molar-refractivity contribution is 6.09. The van der Waals surface area contributed by atoms with Gasteiger partial charge in [-0.2, -0.15) is 0 Å². The molecule has 0 bridgehead atoms. The molecule has 3 aliphatic carbocycles. The highest BCUT2D eigenvalue weighted by Gasteiger charge is 2.66. The summed E-state index contributed by atoms with van der Waals surface area (Å²) in [4.78, 5) is 12.4. The average molecular weight is 248 g/mol. The van der Waals surface area contributed by atoms with Crippen LogP contribution in [-0.4, -0.2) is 27.7 Å². The molecule has 1 fully saturated rings. The number of hydrogen-bond donors (Lipinski definition) is 2. The number of ketones is 1. The van der Waals surface area contributed by atoms with Gasteiger partial charge in [-0.3, -0.25) is 4.79 Å². The van der Waals surface area contributed by atoms with Crippen molar-refractivity contribution in [2.75, 3.05) is 0 Å². The van der Waals surface area contributed by atoms with E-state index in [-0.39, 0.29) is 11.2 Å². The predicted molar refractivity (Wildman–Crippen MR) is 67.9 cm³/mol. The number of carbonyl (C=O) groups is 1. The molecule has 3 nitrogen and oxygen atoms in total. The van der Waals surface area contributed by atoms with E-state index in [4.69, 9.17) is 0 Å². The molecule has 98 valence electrons. The smallest absolute Gasteiger partial charge is 0.172 e. The van der Waals surface area contributed by atoms with Gasteiger partial charge in [0, 0.05) is 16.4 Å². The third-order valence-corrected chi connectivity index (χ3v) is 5.26. The lowest BCUT2D eigenvalue weighted by Gasteiger charge is -2.43. The molecule has 3 heteroatoms. The summed E-state index contributed by atoms with van der Waals surface area (Å²) in [7, 11) is 0. The van der Waals surface area contributed by atoms with Crippen LogP contribution in [0.3, 0.4) is 0 Å². The first-order valence-electron chi connectivity index (χ1n) is 6.55. The van der Waals surface area contributed by atoms with Crippen LogP contribution in [0.5, 0.6) is 0 Å². The molecule has 0 heterocycles. The first-order chi connectivity index (χ1) is 8.15. The molecular weight excluding hydrogens is 228 g/mol. The summed E-state index contributed by atoms with van der Waals surface area (Å²) in [6.45, 7) is 7.36. The average Bonchev–Trinajstić information content (AvgIpc) is 3.02. The van der Waals surface area contributed by atoms with E-state index in [1.165, 1.54) is 0 Å². The van der Waals surface area contributed by atoms with Crippen LogP contribution in [0.1, 0.15) is 40.5 Å². The normalized spacial score (nSPS) is 40.0. The van der Waals surface area contributed by atoms with Crippen molar-refractivity contribution in [1.29, 1.82) is 0 Å². The lowest BCUT2D eigenvalue weighted by atomic mass is 9.67. The monoisotopic (exact) mass is 248 g/mol. The Bertz CT molecular complexity index is 516.